The van der Waals surface area contributed by atoms with Crippen LogP contribution in [0.1, 0.15) is 12.7 Å². The third-order valence-corrected chi connectivity index (χ3v) is 1.77. The van der Waals surface area contributed by atoms with Crippen LogP contribution in [0.4, 0.5) is 0 Å². The molecule has 1 unspecified atom stereocenters. The maximum absolute atomic E-state index is 5.44. The van der Waals surface area contributed by atoms with Gasteiger partial charge < -0.3 is 15.6 Å². The van der Waals surface area contributed by atoms with Gasteiger partial charge in [-0.2, -0.15) is 0 Å². The van der Waals surface area contributed by atoms with E-state index in [9.17, 15) is 0 Å². The van der Waals surface area contributed by atoms with Crippen molar-refractivity contribution in [2.75, 3.05) is 6.54 Å². The lowest BCUT2D eigenvalue weighted by molar-refractivity contribution is 0.534. The van der Waals surface area contributed by atoms with Gasteiger partial charge >= 0.3 is 0 Å². The number of nitrogens with one attached hydrogen (secondary N) is 1. The molecular formula is C7H15N5. The van der Waals surface area contributed by atoms with Crippen LogP contribution in [0.15, 0.2) is 6.33 Å². The highest BCUT2D eigenvalue weighted by atomic mass is 15.3. The molecule has 0 saturated heterocycles. The van der Waals surface area contributed by atoms with Gasteiger partial charge in [0.2, 0.25) is 0 Å². The fraction of sp³-hybridized carbons (Fsp3) is 0.714. The number of hydrogen-bond donors (Lipinski definition) is 2. The van der Waals surface area contributed by atoms with Gasteiger partial charge in [0.05, 0.1) is 6.54 Å². The summed E-state index contributed by atoms with van der Waals surface area (Å²) in [7, 11) is 1.92. The van der Waals surface area contributed by atoms with Crippen LogP contribution in [0.2, 0.25) is 0 Å². The first-order chi connectivity index (χ1) is 5.74. The van der Waals surface area contributed by atoms with E-state index in [0.717, 1.165) is 12.4 Å². The molecule has 12 heavy (non-hydrogen) atoms. The molecule has 1 rings (SSSR count). The van der Waals surface area contributed by atoms with Gasteiger partial charge in [-0.15, -0.1) is 10.2 Å². The van der Waals surface area contributed by atoms with Crippen molar-refractivity contribution >= 4 is 0 Å². The Morgan fingerprint density at radius 3 is 3.00 bits per heavy atom. The molecule has 0 fully saturated rings. The molecular weight excluding hydrogens is 154 g/mol. The molecule has 0 aliphatic rings. The van der Waals surface area contributed by atoms with Crippen molar-refractivity contribution in [3.8, 4) is 0 Å². The largest absolute Gasteiger partial charge is 0.329 e. The lowest BCUT2D eigenvalue weighted by atomic mass is 10.3. The first kappa shape index (κ1) is 9.15. The monoisotopic (exact) mass is 169 g/mol. The second-order valence-electron chi connectivity index (χ2n) is 2.88. The Morgan fingerprint density at radius 1 is 1.75 bits per heavy atom. The molecule has 68 valence electrons. The van der Waals surface area contributed by atoms with Gasteiger partial charge in [0.1, 0.15) is 12.2 Å². The van der Waals surface area contributed by atoms with Crippen LogP contribution in [0.25, 0.3) is 0 Å². The second kappa shape index (κ2) is 4.18. The van der Waals surface area contributed by atoms with Gasteiger partial charge in [-0.3, -0.25) is 0 Å². The van der Waals surface area contributed by atoms with Crippen LogP contribution >= 0.6 is 0 Å². The minimum absolute atomic E-state index is 0.321. The van der Waals surface area contributed by atoms with E-state index in [1.54, 1.807) is 6.33 Å². The second-order valence-corrected chi connectivity index (χ2v) is 2.88. The van der Waals surface area contributed by atoms with Crippen molar-refractivity contribution < 1.29 is 0 Å². The van der Waals surface area contributed by atoms with E-state index in [-0.39, 0.29) is 0 Å². The van der Waals surface area contributed by atoms with Gasteiger partial charge in [0.25, 0.3) is 0 Å². The lowest BCUT2D eigenvalue weighted by Crippen LogP contribution is -2.33. The van der Waals surface area contributed by atoms with Crippen LogP contribution in [-0.4, -0.2) is 27.4 Å². The molecule has 0 aliphatic heterocycles. The van der Waals surface area contributed by atoms with Crippen molar-refractivity contribution in [2.24, 2.45) is 12.8 Å². The summed E-state index contributed by atoms with van der Waals surface area (Å²) in [5.74, 6) is 0.926. The summed E-state index contributed by atoms with van der Waals surface area (Å²) in [6.07, 6.45) is 1.68. The molecule has 1 aromatic rings. The van der Waals surface area contributed by atoms with Crippen molar-refractivity contribution in [1.29, 1.82) is 0 Å². The lowest BCUT2D eigenvalue weighted by Gasteiger charge is -2.09. The van der Waals surface area contributed by atoms with E-state index in [2.05, 4.69) is 15.5 Å². The molecule has 0 aromatic carbocycles. The quantitative estimate of drug-likeness (QED) is 0.622. The average Bonchev–Trinajstić information content (AvgIpc) is 2.47. The normalized spacial score (nSPS) is 13.2. The number of aromatic nitrogens is 3. The van der Waals surface area contributed by atoms with Gasteiger partial charge in [-0.25, -0.2) is 0 Å². The number of nitrogens with zero attached hydrogens (tertiary/aromatic N) is 3. The van der Waals surface area contributed by atoms with Crippen molar-refractivity contribution in [3.63, 3.8) is 0 Å². The molecule has 0 amide bonds. The van der Waals surface area contributed by atoms with E-state index >= 15 is 0 Å². The van der Waals surface area contributed by atoms with Gasteiger partial charge in [0, 0.05) is 19.6 Å². The molecule has 0 radical (unpaired) electrons. The van der Waals surface area contributed by atoms with E-state index in [0.29, 0.717) is 12.6 Å². The van der Waals surface area contributed by atoms with E-state index < -0.39 is 0 Å². The summed E-state index contributed by atoms with van der Waals surface area (Å²) in [6.45, 7) is 3.39. The fourth-order valence-electron chi connectivity index (χ4n) is 0.816. The average molecular weight is 169 g/mol. The molecule has 5 heteroatoms. The van der Waals surface area contributed by atoms with Gasteiger partial charge in [-0.1, -0.05) is 0 Å². The van der Waals surface area contributed by atoms with Crippen LogP contribution < -0.4 is 11.1 Å². The van der Waals surface area contributed by atoms with E-state index in [1.807, 2.05) is 18.5 Å². The van der Waals surface area contributed by atoms with Gasteiger partial charge in [0.15, 0.2) is 0 Å². The van der Waals surface area contributed by atoms with Crippen LogP contribution in [0, 0.1) is 0 Å². The maximum atomic E-state index is 5.44. The Morgan fingerprint density at radius 2 is 2.50 bits per heavy atom. The van der Waals surface area contributed by atoms with Crippen molar-refractivity contribution in [1.82, 2.24) is 20.1 Å². The third-order valence-electron chi connectivity index (χ3n) is 1.77. The first-order valence-corrected chi connectivity index (χ1v) is 4.00. The Labute approximate surface area is 72.0 Å². The number of hydrogen-bond acceptors (Lipinski definition) is 4. The SMILES string of the molecule is CC(CN)NCc1nncn1C. The number of aryl methyl sites for hydroxylation is 1. The molecule has 1 atom stereocenters. The van der Waals surface area contributed by atoms with Gasteiger partial charge in [-0.05, 0) is 6.92 Å². The molecule has 0 bridgehead atoms. The molecule has 0 aliphatic carbocycles. The molecule has 1 heterocycles. The predicted octanol–water partition coefficient (Wildman–Crippen LogP) is -0.748. The highest BCUT2D eigenvalue weighted by Gasteiger charge is 2.02. The third kappa shape index (κ3) is 2.28. The van der Waals surface area contributed by atoms with Crippen LogP contribution in [-0.2, 0) is 13.6 Å². The Hall–Kier alpha value is -0.940. The summed E-state index contributed by atoms with van der Waals surface area (Å²) < 4.78 is 1.89. The summed E-state index contributed by atoms with van der Waals surface area (Å²) in [6, 6.07) is 0.321. The van der Waals surface area contributed by atoms with Crippen LogP contribution in [0.5, 0.6) is 0 Å². The van der Waals surface area contributed by atoms with Crippen molar-refractivity contribution in [3.05, 3.63) is 12.2 Å². The summed E-state index contributed by atoms with van der Waals surface area (Å²) in [4.78, 5) is 0. The van der Waals surface area contributed by atoms with Crippen molar-refractivity contribution in [2.45, 2.75) is 19.5 Å². The molecule has 5 nitrogen and oxygen atoms in total. The Balaban J connectivity index is 2.38. The standard InChI is InChI=1S/C7H15N5/c1-6(3-8)9-4-7-11-10-5-12(7)2/h5-6,9H,3-4,8H2,1-2H3. The van der Waals surface area contributed by atoms with Crippen LogP contribution in [0.3, 0.4) is 0 Å². The van der Waals surface area contributed by atoms with E-state index in [1.165, 1.54) is 0 Å². The summed E-state index contributed by atoms with van der Waals surface area (Å²) in [5.41, 5.74) is 5.44. The maximum Gasteiger partial charge on any atom is 0.146 e. The summed E-state index contributed by atoms with van der Waals surface area (Å²) in [5, 5.41) is 10.9. The predicted molar refractivity (Wildman–Crippen MR) is 46.4 cm³/mol. The number of nitrogens with two attached hydrogens (primary N) is 1. The fourth-order valence-corrected chi connectivity index (χ4v) is 0.816. The molecule has 0 spiro atoms. The van der Waals surface area contributed by atoms with E-state index in [4.69, 9.17) is 5.73 Å². The zero-order valence-electron chi connectivity index (χ0n) is 7.49. The number of rotatable bonds is 4. The zero-order chi connectivity index (χ0) is 8.97. The first-order valence-electron chi connectivity index (χ1n) is 4.00. The summed E-state index contributed by atoms with van der Waals surface area (Å²) >= 11 is 0. The topological polar surface area (TPSA) is 68.8 Å². The minimum atomic E-state index is 0.321. The highest BCUT2D eigenvalue weighted by molar-refractivity contribution is 4.83. The molecule has 0 saturated carbocycles. The minimum Gasteiger partial charge on any atom is -0.329 e. The molecule has 1 aromatic heterocycles. The smallest absolute Gasteiger partial charge is 0.146 e. The molecule has 3 N–H and O–H groups in total. The zero-order valence-corrected chi connectivity index (χ0v) is 7.49. The highest BCUT2D eigenvalue weighted by Crippen LogP contribution is 1.90. The Kier molecular flexibility index (Phi) is 3.19. The Bertz CT molecular complexity index is 231.